The zero-order valence-electron chi connectivity index (χ0n) is 12.2. The molecule has 0 unspecified atom stereocenters. The van der Waals surface area contributed by atoms with Gasteiger partial charge in [-0.3, -0.25) is 14.5 Å². The zero-order chi connectivity index (χ0) is 16.6. The van der Waals surface area contributed by atoms with Crippen molar-refractivity contribution in [3.8, 4) is 0 Å². The first kappa shape index (κ1) is 15.3. The fourth-order valence-electron chi connectivity index (χ4n) is 2.44. The molecule has 1 saturated heterocycles. The molecule has 1 atom stereocenters. The lowest BCUT2D eigenvalue weighted by Gasteiger charge is -2.18. The molecule has 0 aliphatic carbocycles. The molecule has 0 saturated carbocycles. The van der Waals surface area contributed by atoms with Crippen molar-refractivity contribution in [2.45, 2.75) is 12.5 Å². The fraction of sp³-hybridized carbons (Fsp3) is 0.188. The Morgan fingerprint density at radius 2 is 1.96 bits per heavy atom. The van der Waals surface area contributed by atoms with Crippen molar-refractivity contribution in [2.75, 3.05) is 6.54 Å². The average Bonchev–Trinajstić information content (AvgIpc) is 3.12. The summed E-state index contributed by atoms with van der Waals surface area (Å²) < 4.78 is 5.23. The molecule has 0 radical (unpaired) electrons. The number of Topliss-reactive ketones (excluding diaryl/α,β-unsaturated/α-hetero) is 1. The standard InChI is InChI=1S/C16H13ClN2O4/c1-16(13-3-2-8-23-13)14(21)19(15(22)18-16)9-12(20)10-4-6-11(17)7-5-10/h2-8H,9H2,1H3,(H,18,22)/t16-/m0/s1. The van der Waals surface area contributed by atoms with Crippen LogP contribution in [0.3, 0.4) is 0 Å². The van der Waals surface area contributed by atoms with Gasteiger partial charge in [-0.1, -0.05) is 11.6 Å². The SMILES string of the molecule is C[C@@]1(c2ccco2)NC(=O)N(CC(=O)c2ccc(Cl)cc2)C1=O. The number of carbonyl (C=O) groups excluding carboxylic acids is 3. The summed E-state index contributed by atoms with van der Waals surface area (Å²) in [4.78, 5) is 37.8. The van der Waals surface area contributed by atoms with Gasteiger partial charge >= 0.3 is 6.03 Å². The molecule has 1 aliphatic heterocycles. The van der Waals surface area contributed by atoms with Crippen molar-refractivity contribution in [3.05, 3.63) is 59.0 Å². The molecule has 1 aromatic carbocycles. The zero-order valence-corrected chi connectivity index (χ0v) is 13.0. The number of hydrogen-bond donors (Lipinski definition) is 1. The van der Waals surface area contributed by atoms with Crippen LogP contribution >= 0.6 is 11.6 Å². The summed E-state index contributed by atoms with van der Waals surface area (Å²) in [7, 11) is 0. The number of carbonyl (C=O) groups is 3. The Bertz CT molecular complexity index is 770. The number of furan rings is 1. The second-order valence-corrected chi connectivity index (χ2v) is 5.79. The Balaban J connectivity index is 1.81. The van der Waals surface area contributed by atoms with Crippen molar-refractivity contribution in [1.29, 1.82) is 0 Å². The Hall–Kier alpha value is -2.60. The molecular weight excluding hydrogens is 320 g/mol. The summed E-state index contributed by atoms with van der Waals surface area (Å²) in [5.74, 6) is -0.564. The van der Waals surface area contributed by atoms with E-state index in [1.807, 2.05) is 0 Å². The predicted molar refractivity (Wildman–Crippen MR) is 82.1 cm³/mol. The number of halogens is 1. The van der Waals surface area contributed by atoms with Crippen molar-refractivity contribution in [3.63, 3.8) is 0 Å². The lowest BCUT2D eigenvalue weighted by molar-refractivity contribution is -0.131. The number of nitrogens with one attached hydrogen (secondary N) is 1. The van der Waals surface area contributed by atoms with Gasteiger partial charge in [0.15, 0.2) is 11.3 Å². The third-order valence-corrected chi connectivity index (χ3v) is 4.01. The van der Waals surface area contributed by atoms with E-state index in [0.29, 0.717) is 16.3 Å². The minimum absolute atomic E-state index is 0.317. The number of imide groups is 1. The third kappa shape index (κ3) is 2.61. The highest BCUT2D eigenvalue weighted by Gasteiger charge is 2.51. The molecule has 1 fully saturated rings. The van der Waals surface area contributed by atoms with Crippen LogP contribution in [0, 0.1) is 0 Å². The summed E-state index contributed by atoms with van der Waals surface area (Å²) in [6.45, 7) is 1.20. The molecule has 3 rings (SSSR count). The molecule has 0 spiro atoms. The van der Waals surface area contributed by atoms with Gasteiger partial charge in [0.25, 0.3) is 5.91 Å². The van der Waals surface area contributed by atoms with Crippen molar-refractivity contribution < 1.29 is 18.8 Å². The first-order valence-electron chi connectivity index (χ1n) is 6.88. The lowest BCUT2D eigenvalue weighted by Crippen LogP contribution is -2.41. The van der Waals surface area contributed by atoms with Gasteiger partial charge in [0.1, 0.15) is 5.76 Å². The van der Waals surface area contributed by atoms with E-state index >= 15 is 0 Å². The fourth-order valence-corrected chi connectivity index (χ4v) is 2.57. The van der Waals surface area contributed by atoms with E-state index in [0.717, 1.165) is 4.90 Å². The molecule has 6 nitrogen and oxygen atoms in total. The monoisotopic (exact) mass is 332 g/mol. The van der Waals surface area contributed by atoms with Crippen LogP contribution in [0.15, 0.2) is 47.1 Å². The molecule has 1 N–H and O–H groups in total. The second-order valence-electron chi connectivity index (χ2n) is 5.35. The largest absolute Gasteiger partial charge is 0.466 e. The number of urea groups is 1. The highest BCUT2D eigenvalue weighted by molar-refractivity contribution is 6.30. The molecule has 2 aromatic rings. The quantitative estimate of drug-likeness (QED) is 0.689. The number of benzene rings is 1. The number of amides is 3. The molecule has 3 amide bonds. The summed E-state index contributed by atoms with van der Waals surface area (Å²) in [6, 6.07) is 8.85. The Labute approximate surface area is 137 Å². The summed E-state index contributed by atoms with van der Waals surface area (Å²) in [5.41, 5.74) is -0.928. The Morgan fingerprint density at radius 3 is 2.57 bits per heavy atom. The molecule has 7 heteroatoms. The van der Waals surface area contributed by atoms with Crippen LogP contribution in [-0.2, 0) is 10.3 Å². The predicted octanol–water partition coefficient (Wildman–Crippen LogP) is 2.58. The number of rotatable bonds is 4. The molecule has 0 bridgehead atoms. The Kier molecular flexibility index (Phi) is 3.69. The van der Waals surface area contributed by atoms with Crippen molar-refractivity contribution in [2.24, 2.45) is 0 Å². The number of ketones is 1. The second kappa shape index (κ2) is 5.55. The van der Waals surface area contributed by atoms with Gasteiger partial charge in [0, 0.05) is 10.6 Å². The maximum absolute atomic E-state index is 12.6. The Morgan fingerprint density at radius 1 is 1.26 bits per heavy atom. The lowest BCUT2D eigenvalue weighted by atomic mass is 9.99. The van der Waals surface area contributed by atoms with Gasteiger partial charge < -0.3 is 9.73 Å². The van der Waals surface area contributed by atoms with Gasteiger partial charge in [-0.2, -0.15) is 0 Å². The van der Waals surface area contributed by atoms with E-state index < -0.39 is 17.5 Å². The summed E-state index contributed by atoms with van der Waals surface area (Å²) in [5, 5.41) is 3.07. The highest BCUT2D eigenvalue weighted by Crippen LogP contribution is 2.29. The van der Waals surface area contributed by atoms with E-state index in [1.165, 1.54) is 6.26 Å². The van der Waals surface area contributed by atoms with E-state index in [-0.39, 0.29) is 12.3 Å². The summed E-state index contributed by atoms with van der Waals surface area (Å²) >= 11 is 5.78. The molecule has 2 heterocycles. The molecular formula is C16H13ClN2O4. The third-order valence-electron chi connectivity index (χ3n) is 3.76. The topological polar surface area (TPSA) is 79.6 Å². The summed E-state index contributed by atoms with van der Waals surface area (Å²) in [6.07, 6.45) is 1.42. The molecule has 118 valence electrons. The van der Waals surface area contributed by atoms with Crippen LogP contribution in [0.1, 0.15) is 23.0 Å². The molecule has 1 aromatic heterocycles. The highest BCUT2D eigenvalue weighted by atomic mass is 35.5. The van der Waals surface area contributed by atoms with Crippen LogP contribution < -0.4 is 5.32 Å². The van der Waals surface area contributed by atoms with Gasteiger partial charge in [0.05, 0.1) is 12.8 Å². The van der Waals surface area contributed by atoms with Crippen molar-refractivity contribution in [1.82, 2.24) is 10.2 Å². The van der Waals surface area contributed by atoms with Crippen LogP contribution in [0.4, 0.5) is 4.79 Å². The van der Waals surface area contributed by atoms with Gasteiger partial charge in [-0.15, -0.1) is 0 Å². The van der Waals surface area contributed by atoms with Crippen LogP contribution in [0.25, 0.3) is 0 Å². The molecule has 23 heavy (non-hydrogen) atoms. The van der Waals surface area contributed by atoms with E-state index in [2.05, 4.69) is 5.32 Å². The average molecular weight is 333 g/mol. The van der Waals surface area contributed by atoms with Gasteiger partial charge in [-0.25, -0.2) is 4.79 Å². The van der Waals surface area contributed by atoms with Crippen LogP contribution in [-0.4, -0.2) is 29.2 Å². The van der Waals surface area contributed by atoms with Crippen LogP contribution in [0.5, 0.6) is 0 Å². The number of nitrogens with zero attached hydrogens (tertiary/aromatic N) is 1. The van der Waals surface area contributed by atoms with Gasteiger partial charge in [0.2, 0.25) is 0 Å². The maximum Gasteiger partial charge on any atom is 0.325 e. The first-order chi connectivity index (χ1) is 10.9. The normalized spacial score (nSPS) is 20.7. The minimum Gasteiger partial charge on any atom is -0.466 e. The minimum atomic E-state index is -1.30. The maximum atomic E-state index is 12.6. The van der Waals surface area contributed by atoms with E-state index in [9.17, 15) is 14.4 Å². The van der Waals surface area contributed by atoms with E-state index in [1.54, 1.807) is 43.3 Å². The van der Waals surface area contributed by atoms with Crippen LogP contribution in [0.2, 0.25) is 5.02 Å². The smallest absolute Gasteiger partial charge is 0.325 e. The van der Waals surface area contributed by atoms with Crippen molar-refractivity contribution >= 4 is 29.3 Å². The first-order valence-corrected chi connectivity index (χ1v) is 7.26. The number of hydrogen-bond acceptors (Lipinski definition) is 4. The van der Waals surface area contributed by atoms with E-state index in [4.69, 9.17) is 16.0 Å². The molecule has 1 aliphatic rings. The van der Waals surface area contributed by atoms with Gasteiger partial charge in [-0.05, 0) is 43.3 Å².